The number of rotatable bonds is 6. The molecule has 2 aromatic heterocycles. The molecule has 1 aromatic carbocycles. The van der Waals surface area contributed by atoms with Crippen LogP contribution in [0.3, 0.4) is 0 Å². The first-order valence-corrected chi connectivity index (χ1v) is 13.9. The van der Waals surface area contributed by atoms with Gasteiger partial charge in [0.1, 0.15) is 5.76 Å². The quantitative estimate of drug-likeness (QED) is 0.452. The number of hydrogen-bond donors (Lipinski definition) is 2. The van der Waals surface area contributed by atoms with E-state index < -0.39 is 5.97 Å². The van der Waals surface area contributed by atoms with Crippen molar-refractivity contribution in [3.8, 4) is 0 Å². The molecule has 37 heavy (non-hydrogen) atoms. The lowest BCUT2D eigenvalue weighted by Crippen LogP contribution is -2.50. The van der Waals surface area contributed by atoms with Gasteiger partial charge in [-0.05, 0) is 62.8 Å². The molecule has 3 aromatic rings. The minimum absolute atomic E-state index is 0.118. The van der Waals surface area contributed by atoms with E-state index >= 15 is 0 Å². The highest BCUT2D eigenvalue weighted by Gasteiger charge is 2.44. The Morgan fingerprint density at radius 2 is 1.62 bits per heavy atom. The maximum atomic E-state index is 13.8. The second-order valence-electron chi connectivity index (χ2n) is 11.0. The number of carboxylic acids is 1. The molecule has 8 nitrogen and oxygen atoms in total. The van der Waals surface area contributed by atoms with Gasteiger partial charge in [0.15, 0.2) is 5.82 Å². The van der Waals surface area contributed by atoms with E-state index in [4.69, 9.17) is 9.52 Å². The van der Waals surface area contributed by atoms with Gasteiger partial charge >= 0.3 is 5.97 Å². The fourth-order valence-corrected chi connectivity index (χ4v) is 7.11. The van der Waals surface area contributed by atoms with Crippen LogP contribution in [0.1, 0.15) is 93.0 Å². The van der Waals surface area contributed by atoms with Crippen LogP contribution in [0.2, 0.25) is 0 Å². The number of nitrogens with one attached hydrogen (secondary N) is 1. The topological polar surface area (TPSA) is 101 Å². The predicted molar refractivity (Wildman–Crippen MR) is 142 cm³/mol. The van der Waals surface area contributed by atoms with Gasteiger partial charge in [-0.1, -0.05) is 44.2 Å². The third kappa shape index (κ3) is 4.79. The van der Waals surface area contributed by atoms with Crippen LogP contribution in [0.4, 0.5) is 5.82 Å². The Bertz CT molecular complexity index is 1310. The second-order valence-corrected chi connectivity index (χ2v) is 11.0. The van der Waals surface area contributed by atoms with Crippen LogP contribution in [0.25, 0.3) is 11.0 Å². The van der Waals surface area contributed by atoms with Crippen LogP contribution in [0, 0.1) is 0 Å². The lowest BCUT2D eigenvalue weighted by atomic mass is 9.89. The molecule has 2 N–H and O–H groups in total. The Hall–Kier alpha value is -3.13. The molecule has 8 heteroatoms. The molecule has 0 radical (unpaired) electrons. The first kappa shape index (κ1) is 24.2. The summed E-state index contributed by atoms with van der Waals surface area (Å²) in [5.41, 5.74) is 1.55. The summed E-state index contributed by atoms with van der Waals surface area (Å²) in [6, 6.07) is 12.8. The van der Waals surface area contributed by atoms with E-state index in [9.17, 15) is 9.59 Å². The van der Waals surface area contributed by atoms with Crippen molar-refractivity contribution in [2.24, 2.45) is 0 Å². The lowest BCUT2D eigenvalue weighted by molar-refractivity contribution is 0.0498. The molecule has 1 unspecified atom stereocenters. The van der Waals surface area contributed by atoms with E-state index in [2.05, 4.69) is 15.2 Å². The van der Waals surface area contributed by atoms with E-state index in [0.717, 1.165) is 23.9 Å². The number of aromatic nitrogens is 2. The van der Waals surface area contributed by atoms with Gasteiger partial charge in [-0.15, -0.1) is 0 Å². The smallest absolute Gasteiger partial charge is 0.371 e. The summed E-state index contributed by atoms with van der Waals surface area (Å²) in [7, 11) is 0. The van der Waals surface area contributed by atoms with E-state index in [-0.39, 0.29) is 29.7 Å². The molecule has 1 aliphatic carbocycles. The van der Waals surface area contributed by atoms with Gasteiger partial charge in [-0.25, -0.2) is 9.78 Å². The Morgan fingerprint density at radius 3 is 2.32 bits per heavy atom. The van der Waals surface area contributed by atoms with Gasteiger partial charge in [0, 0.05) is 24.2 Å². The number of benzene rings is 1. The molecule has 2 aliphatic heterocycles. The molecule has 2 saturated heterocycles. The monoisotopic (exact) mass is 504 g/mol. The zero-order chi connectivity index (χ0) is 25.4. The lowest BCUT2D eigenvalue weighted by Gasteiger charge is -2.45. The fourth-order valence-electron chi connectivity index (χ4n) is 7.11. The van der Waals surface area contributed by atoms with Gasteiger partial charge < -0.3 is 19.4 Å². The van der Waals surface area contributed by atoms with E-state index in [1.807, 2.05) is 28.8 Å². The summed E-state index contributed by atoms with van der Waals surface area (Å²) in [4.78, 5) is 32.4. The highest BCUT2D eigenvalue weighted by molar-refractivity contribution is 5.84. The van der Waals surface area contributed by atoms with E-state index in [1.165, 1.54) is 63.9 Å². The first-order chi connectivity index (χ1) is 18.1. The number of hydrogen-bond acceptors (Lipinski definition) is 6. The molecule has 0 amide bonds. The summed E-state index contributed by atoms with van der Waals surface area (Å²) in [5, 5.41) is 12.2. The molecule has 2 bridgehead atoms. The summed E-state index contributed by atoms with van der Waals surface area (Å²) < 4.78 is 7.34. The zero-order valence-corrected chi connectivity index (χ0v) is 21.3. The second kappa shape index (κ2) is 10.3. The molecular formula is C29H36N4O4. The third-order valence-electron chi connectivity index (χ3n) is 8.72. The van der Waals surface area contributed by atoms with Crippen LogP contribution in [-0.4, -0.2) is 43.7 Å². The average molecular weight is 505 g/mol. The van der Waals surface area contributed by atoms with Crippen LogP contribution in [-0.2, 0) is 6.54 Å². The SMILES string of the molecule is O=C(O)c1ccc(CNc2nc3ccccc3n([C@H]3CC4CC[C@@H](C3)N4C3CCCCCCC3)c2=O)o1. The Morgan fingerprint density at radius 1 is 0.919 bits per heavy atom. The van der Waals surface area contributed by atoms with Crippen molar-refractivity contribution in [1.29, 1.82) is 0 Å². The Labute approximate surface area is 216 Å². The summed E-state index contributed by atoms with van der Waals surface area (Å²) >= 11 is 0. The standard InChI is InChI=1S/C29H36N4O4/c34-28-27(30-18-23-14-15-26(37-23)29(35)36)31-24-10-6-7-11-25(24)33(28)22-16-20-12-13-21(17-22)32(20)19-8-4-2-1-3-5-9-19/h6-7,10-11,14-15,19-22H,1-5,8-9,12-13,16-18H2,(H,30,31)(H,35,36)/t20-,21?,22+/m0/s1. The fraction of sp³-hybridized carbons (Fsp3) is 0.552. The van der Waals surface area contributed by atoms with Crippen molar-refractivity contribution in [2.75, 3.05) is 5.32 Å². The zero-order valence-electron chi connectivity index (χ0n) is 21.3. The Kier molecular flexibility index (Phi) is 6.76. The number of para-hydroxylation sites is 2. The largest absolute Gasteiger partial charge is 0.475 e. The normalized spacial score (nSPS) is 25.1. The van der Waals surface area contributed by atoms with Crippen molar-refractivity contribution in [2.45, 2.75) is 101 Å². The van der Waals surface area contributed by atoms with Gasteiger partial charge in [-0.3, -0.25) is 9.69 Å². The highest BCUT2D eigenvalue weighted by Crippen LogP contribution is 2.44. The minimum Gasteiger partial charge on any atom is -0.475 e. The molecule has 6 rings (SSSR count). The number of nitrogens with zero attached hydrogens (tertiary/aromatic N) is 3. The van der Waals surface area contributed by atoms with Gasteiger partial charge in [0.25, 0.3) is 5.56 Å². The molecule has 3 fully saturated rings. The molecule has 1 saturated carbocycles. The van der Waals surface area contributed by atoms with Gasteiger partial charge in [0.05, 0.1) is 17.6 Å². The molecular weight excluding hydrogens is 468 g/mol. The maximum Gasteiger partial charge on any atom is 0.371 e. The van der Waals surface area contributed by atoms with E-state index in [1.54, 1.807) is 6.07 Å². The number of aromatic carboxylic acids is 1. The molecule has 3 aliphatic rings. The van der Waals surface area contributed by atoms with Crippen LogP contribution in [0.5, 0.6) is 0 Å². The highest BCUT2D eigenvalue weighted by atomic mass is 16.4. The Balaban J connectivity index is 1.27. The third-order valence-corrected chi connectivity index (χ3v) is 8.72. The van der Waals surface area contributed by atoms with Crippen molar-refractivity contribution < 1.29 is 14.3 Å². The summed E-state index contributed by atoms with van der Waals surface area (Å²) in [6.07, 6.45) is 13.9. The minimum atomic E-state index is -1.11. The van der Waals surface area contributed by atoms with E-state index in [0.29, 0.717) is 23.9 Å². The number of anilines is 1. The molecule has 4 heterocycles. The van der Waals surface area contributed by atoms with Gasteiger partial charge in [0.2, 0.25) is 5.76 Å². The number of fused-ring (bicyclic) bond motifs is 3. The average Bonchev–Trinajstić information content (AvgIpc) is 3.45. The number of carboxylic acid groups (broad SMARTS) is 1. The van der Waals surface area contributed by atoms with Crippen LogP contribution >= 0.6 is 0 Å². The predicted octanol–water partition coefficient (Wildman–Crippen LogP) is 5.58. The van der Waals surface area contributed by atoms with Crippen molar-refractivity contribution in [3.63, 3.8) is 0 Å². The number of furan rings is 1. The van der Waals surface area contributed by atoms with Crippen molar-refractivity contribution in [3.05, 3.63) is 58.3 Å². The number of piperidine rings is 1. The number of carbonyl (C=O) groups is 1. The summed E-state index contributed by atoms with van der Waals surface area (Å²) in [6.45, 7) is 0.194. The van der Waals surface area contributed by atoms with Gasteiger partial charge in [-0.2, -0.15) is 0 Å². The molecule has 3 atom stereocenters. The molecule has 196 valence electrons. The van der Waals surface area contributed by atoms with Crippen molar-refractivity contribution in [1.82, 2.24) is 14.5 Å². The first-order valence-electron chi connectivity index (χ1n) is 13.9. The maximum absolute atomic E-state index is 13.8. The van der Waals surface area contributed by atoms with Crippen LogP contribution in [0.15, 0.2) is 45.6 Å². The summed E-state index contributed by atoms with van der Waals surface area (Å²) in [5.74, 6) is -0.504. The van der Waals surface area contributed by atoms with Crippen molar-refractivity contribution >= 4 is 22.8 Å². The molecule has 0 spiro atoms. The van der Waals surface area contributed by atoms with Crippen LogP contribution < -0.4 is 10.9 Å².